The highest BCUT2D eigenvalue weighted by Crippen LogP contribution is 2.22. The lowest BCUT2D eigenvalue weighted by Crippen LogP contribution is -2.24. The number of benzene rings is 1. The van der Waals surface area contributed by atoms with E-state index in [4.69, 9.17) is 17.3 Å². The molecule has 0 saturated heterocycles. The molecule has 9 heteroatoms. The van der Waals surface area contributed by atoms with E-state index in [-0.39, 0.29) is 23.0 Å². The Labute approximate surface area is 108 Å². The van der Waals surface area contributed by atoms with Crippen molar-refractivity contribution in [1.29, 1.82) is 0 Å². The van der Waals surface area contributed by atoms with Gasteiger partial charge in [-0.1, -0.05) is 16.8 Å². The number of hydrogen-bond acceptors (Lipinski definition) is 6. The highest BCUT2D eigenvalue weighted by molar-refractivity contribution is 7.89. The molecule has 0 amide bonds. The Morgan fingerprint density at radius 1 is 1.44 bits per heavy atom. The van der Waals surface area contributed by atoms with Crippen molar-refractivity contribution < 1.29 is 12.9 Å². The second kappa shape index (κ2) is 4.92. The second-order valence-corrected chi connectivity index (χ2v) is 5.53. The standard InChI is InChI=1S/C9H9ClN4O3S/c10-6-1-2-8(7(11)3-6)18(15,16)13-4-9-12-5-17-14-9/h1-3,5,13H,4,11H2. The van der Waals surface area contributed by atoms with E-state index in [1.54, 1.807) is 0 Å². The first-order chi connectivity index (χ1) is 8.49. The zero-order chi connectivity index (χ0) is 13.2. The Bertz CT molecular complexity index is 642. The number of nitrogens with zero attached hydrogens (tertiary/aromatic N) is 2. The smallest absolute Gasteiger partial charge is 0.243 e. The Hall–Kier alpha value is -1.64. The molecule has 1 aromatic carbocycles. The zero-order valence-electron chi connectivity index (χ0n) is 9.00. The number of rotatable bonds is 4. The minimum absolute atomic E-state index is 0.0459. The van der Waals surface area contributed by atoms with Gasteiger partial charge in [-0.15, -0.1) is 0 Å². The fourth-order valence-corrected chi connectivity index (χ4v) is 2.54. The molecule has 96 valence electrons. The molecule has 0 radical (unpaired) electrons. The molecule has 0 unspecified atom stereocenters. The first-order valence-corrected chi connectivity index (χ1v) is 6.65. The maximum Gasteiger partial charge on any atom is 0.243 e. The molecule has 1 heterocycles. The first-order valence-electron chi connectivity index (χ1n) is 4.79. The van der Waals surface area contributed by atoms with E-state index in [0.29, 0.717) is 5.02 Å². The summed E-state index contributed by atoms with van der Waals surface area (Å²) in [7, 11) is -3.74. The van der Waals surface area contributed by atoms with Crippen LogP contribution in [0.5, 0.6) is 0 Å². The SMILES string of the molecule is Nc1cc(Cl)ccc1S(=O)(=O)NCc1ncon1. The van der Waals surface area contributed by atoms with E-state index in [1.807, 2.05) is 0 Å². The third-order valence-electron chi connectivity index (χ3n) is 2.09. The Morgan fingerprint density at radius 3 is 2.83 bits per heavy atom. The molecule has 0 fully saturated rings. The molecular formula is C9H9ClN4O3S. The quantitative estimate of drug-likeness (QED) is 0.804. The van der Waals surface area contributed by atoms with E-state index < -0.39 is 10.0 Å². The van der Waals surface area contributed by atoms with Crippen LogP contribution in [0.2, 0.25) is 5.02 Å². The van der Waals surface area contributed by atoms with Crippen LogP contribution in [0.3, 0.4) is 0 Å². The number of nitrogens with one attached hydrogen (secondary N) is 1. The van der Waals surface area contributed by atoms with Gasteiger partial charge in [-0.25, -0.2) is 13.1 Å². The summed E-state index contributed by atoms with van der Waals surface area (Å²) in [5.74, 6) is 0.228. The topological polar surface area (TPSA) is 111 Å². The molecule has 0 aliphatic heterocycles. The summed E-state index contributed by atoms with van der Waals surface area (Å²) in [5, 5.41) is 3.85. The second-order valence-electron chi connectivity index (χ2n) is 3.35. The summed E-state index contributed by atoms with van der Waals surface area (Å²) < 4.78 is 30.7. The summed E-state index contributed by atoms with van der Waals surface area (Å²) in [4.78, 5) is 3.65. The van der Waals surface area contributed by atoms with Crippen molar-refractivity contribution in [3.8, 4) is 0 Å². The predicted molar refractivity (Wildman–Crippen MR) is 64.2 cm³/mol. The highest BCUT2D eigenvalue weighted by Gasteiger charge is 2.18. The average Bonchev–Trinajstić information content (AvgIpc) is 2.78. The van der Waals surface area contributed by atoms with Crippen LogP contribution in [0, 0.1) is 0 Å². The molecule has 0 bridgehead atoms. The lowest BCUT2D eigenvalue weighted by molar-refractivity contribution is 0.409. The average molecular weight is 289 g/mol. The summed E-state index contributed by atoms with van der Waals surface area (Å²) in [6, 6.07) is 4.14. The van der Waals surface area contributed by atoms with E-state index in [1.165, 1.54) is 18.2 Å². The van der Waals surface area contributed by atoms with Crippen molar-refractivity contribution in [1.82, 2.24) is 14.9 Å². The van der Waals surface area contributed by atoms with Crippen molar-refractivity contribution in [3.63, 3.8) is 0 Å². The Balaban J connectivity index is 2.20. The van der Waals surface area contributed by atoms with Crippen LogP contribution in [0.25, 0.3) is 0 Å². The Kier molecular flexibility index (Phi) is 3.50. The molecule has 0 aliphatic rings. The monoisotopic (exact) mass is 288 g/mol. The van der Waals surface area contributed by atoms with E-state index in [0.717, 1.165) is 6.39 Å². The number of hydrogen-bond donors (Lipinski definition) is 2. The molecule has 0 saturated carbocycles. The molecule has 2 rings (SSSR count). The number of aromatic nitrogens is 2. The van der Waals surface area contributed by atoms with Gasteiger partial charge < -0.3 is 10.3 Å². The van der Waals surface area contributed by atoms with Crippen molar-refractivity contribution in [2.75, 3.05) is 5.73 Å². The van der Waals surface area contributed by atoms with Crippen LogP contribution in [0.1, 0.15) is 5.82 Å². The van der Waals surface area contributed by atoms with Gasteiger partial charge in [0, 0.05) is 5.02 Å². The number of nitrogens with two attached hydrogens (primary N) is 1. The van der Waals surface area contributed by atoms with Gasteiger partial charge in [-0.2, -0.15) is 4.98 Å². The summed E-state index contributed by atoms with van der Waals surface area (Å²) in [5.41, 5.74) is 5.68. The third-order valence-corrected chi connectivity index (χ3v) is 3.80. The maximum atomic E-state index is 11.9. The number of sulfonamides is 1. The van der Waals surface area contributed by atoms with Crippen molar-refractivity contribution in [3.05, 3.63) is 35.4 Å². The van der Waals surface area contributed by atoms with Crippen molar-refractivity contribution in [2.45, 2.75) is 11.4 Å². The maximum absolute atomic E-state index is 11.9. The van der Waals surface area contributed by atoms with Gasteiger partial charge in [0.15, 0.2) is 5.82 Å². The van der Waals surface area contributed by atoms with Gasteiger partial charge in [0.05, 0.1) is 12.2 Å². The summed E-state index contributed by atoms with van der Waals surface area (Å²) >= 11 is 5.70. The Morgan fingerprint density at radius 2 is 2.22 bits per heavy atom. The minimum Gasteiger partial charge on any atom is -0.398 e. The van der Waals surface area contributed by atoms with Gasteiger partial charge in [-0.3, -0.25) is 0 Å². The molecule has 0 atom stereocenters. The zero-order valence-corrected chi connectivity index (χ0v) is 10.6. The molecular weight excluding hydrogens is 280 g/mol. The van der Waals surface area contributed by atoms with E-state index in [9.17, 15) is 8.42 Å². The first kappa shape index (κ1) is 12.8. The molecule has 2 aromatic rings. The molecule has 0 spiro atoms. The molecule has 3 N–H and O–H groups in total. The van der Waals surface area contributed by atoms with Crippen LogP contribution < -0.4 is 10.5 Å². The molecule has 0 aliphatic carbocycles. The summed E-state index contributed by atoms with van der Waals surface area (Å²) in [6.07, 6.45) is 1.11. The van der Waals surface area contributed by atoms with Crippen molar-refractivity contribution in [2.24, 2.45) is 0 Å². The molecule has 18 heavy (non-hydrogen) atoms. The molecule has 1 aromatic heterocycles. The van der Waals surface area contributed by atoms with Gasteiger partial charge in [0.1, 0.15) is 4.90 Å². The normalized spacial score (nSPS) is 11.6. The largest absolute Gasteiger partial charge is 0.398 e. The van der Waals surface area contributed by atoms with Gasteiger partial charge in [0.25, 0.3) is 0 Å². The van der Waals surface area contributed by atoms with Gasteiger partial charge in [0.2, 0.25) is 16.4 Å². The number of halogens is 1. The fraction of sp³-hybridized carbons (Fsp3) is 0.111. The van der Waals surface area contributed by atoms with E-state index >= 15 is 0 Å². The van der Waals surface area contributed by atoms with Crippen molar-refractivity contribution >= 4 is 27.3 Å². The van der Waals surface area contributed by atoms with Crippen LogP contribution in [0.15, 0.2) is 34.0 Å². The highest BCUT2D eigenvalue weighted by atomic mass is 35.5. The van der Waals surface area contributed by atoms with E-state index in [2.05, 4.69) is 19.4 Å². The van der Waals surface area contributed by atoms with Gasteiger partial charge >= 0.3 is 0 Å². The minimum atomic E-state index is -3.74. The lowest BCUT2D eigenvalue weighted by atomic mass is 10.3. The number of nitrogen functional groups attached to an aromatic ring is 1. The van der Waals surface area contributed by atoms with Crippen LogP contribution in [-0.2, 0) is 16.6 Å². The molecule has 7 nitrogen and oxygen atoms in total. The van der Waals surface area contributed by atoms with Crippen LogP contribution in [0.4, 0.5) is 5.69 Å². The number of anilines is 1. The fourth-order valence-electron chi connectivity index (χ4n) is 1.27. The van der Waals surface area contributed by atoms with Crippen LogP contribution in [-0.4, -0.2) is 18.6 Å². The van der Waals surface area contributed by atoms with Crippen LogP contribution >= 0.6 is 11.6 Å². The third kappa shape index (κ3) is 2.78. The lowest BCUT2D eigenvalue weighted by Gasteiger charge is -2.07. The predicted octanol–water partition coefficient (Wildman–Crippen LogP) is 0.784. The summed E-state index contributed by atoms with van der Waals surface area (Å²) in [6.45, 7) is -0.0824. The van der Waals surface area contributed by atoms with Gasteiger partial charge in [-0.05, 0) is 18.2 Å².